The first-order valence-electron chi connectivity index (χ1n) is 7.32. The minimum Gasteiger partial charge on any atom is -0.352 e. The Labute approximate surface area is 148 Å². The summed E-state index contributed by atoms with van der Waals surface area (Å²) in [6.45, 7) is 0.382. The van der Waals surface area contributed by atoms with Crippen LogP contribution in [0.25, 0.3) is 10.6 Å². The predicted octanol–water partition coefficient (Wildman–Crippen LogP) is 4.46. The number of rotatable bonds is 5. The maximum absolute atomic E-state index is 13.0. The summed E-state index contributed by atoms with van der Waals surface area (Å²) in [6.07, 6.45) is 0.197. The third kappa shape index (κ3) is 4.19. The highest BCUT2D eigenvalue weighted by molar-refractivity contribution is 7.13. The maximum atomic E-state index is 13.0. The molecule has 3 nitrogen and oxygen atoms in total. The zero-order chi connectivity index (χ0) is 16.9. The minimum absolute atomic E-state index is 0.120. The zero-order valence-corrected chi connectivity index (χ0v) is 14.2. The minimum atomic E-state index is -0.283. The molecule has 0 saturated carbocycles. The lowest BCUT2D eigenvalue weighted by atomic mass is 10.2. The molecule has 0 atom stereocenters. The van der Waals surface area contributed by atoms with E-state index in [4.69, 9.17) is 11.6 Å². The third-order valence-electron chi connectivity index (χ3n) is 3.42. The average molecular weight is 361 g/mol. The number of hydrogen-bond acceptors (Lipinski definition) is 3. The number of benzene rings is 2. The zero-order valence-electron chi connectivity index (χ0n) is 12.6. The van der Waals surface area contributed by atoms with Crippen LogP contribution < -0.4 is 5.32 Å². The highest BCUT2D eigenvalue weighted by atomic mass is 35.5. The van der Waals surface area contributed by atoms with Crippen LogP contribution >= 0.6 is 22.9 Å². The third-order valence-corrected chi connectivity index (χ3v) is 4.73. The van der Waals surface area contributed by atoms with E-state index < -0.39 is 0 Å². The fourth-order valence-electron chi connectivity index (χ4n) is 2.18. The first kappa shape index (κ1) is 16.6. The standard InChI is InChI=1S/C18H14ClFN2OS/c19-16-4-2-1-3-13(16)10-21-17(23)9-15-11-24-18(22-15)12-5-7-14(20)8-6-12/h1-8,11H,9-10H2,(H,21,23). The van der Waals surface area contributed by atoms with E-state index in [1.807, 2.05) is 23.6 Å². The normalized spacial score (nSPS) is 10.6. The molecule has 24 heavy (non-hydrogen) atoms. The largest absolute Gasteiger partial charge is 0.352 e. The van der Waals surface area contributed by atoms with Crippen LogP contribution in [0.1, 0.15) is 11.3 Å². The molecule has 3 aromatic rings. The molecule has 0 fully saturated rings. The van der Waals surface area contributed by atoms with Crippen LogP contribution in [-0.2, 0) is 17.8 Å². The van der Waals surface area contributed by atoms with Crippen molar-refractivity contribution in [2.75, 3.05) is 0 Å². The lowest BCUT2D eigenvalue weighted by Crippen LogP contribution is -2.24. The Morgan fingerprint density at radius 1 is 1.17 bits per heavy atom. The molecular weight excluding hydrogens is 347 g/mol. The Hall–Kier alpha value is -2.24. The van der Waals surface area contributed by atoms with Crippen molar-refractivity contribution in [2.24, 2.45) is 0 Å². The Morgan fingerprint density at radius 2 is 1.92 bits per heavy atom. The quantitative estimate of drug-likeness (QED) is 0.729. The molecule has 0 unspecified atom stereocenters. The molecule has 0 aliphatic heterocycles. The van der Waals surface area contributed by atoms with Gasteiger partial charge < -0.3 is 5.32 Å². The van der Waals surface area contributed by atoms with E-state index in [0.717, 1.165) is 16.1 Å². The van der Waals surface area contributed by atoms with Crippen LogP contribution in [0.5, 0.6) is 0 Å². The molecule has 3 rings (SSSR count). The van der Waals surface area contributed by atoms with Crippen LogP contribution in [0.2, 0.25) is 5.02 Å². The Morgan fingerprint density at radius 3 is 2.67 bits per heavy atom. The van der Waals surface area contributed by atoms with E-state index in [9.17, 15) is 9.18 Å². The van der Waals surface area contributed by atoms with Crippen LogP contribution in [-0.4, -0.2) is 10.9 Å². The van der Waals surface area contributed by atoms with Gasteiger partial charge in [0.25, 0.3) is 0 Å². The van der Waals surface area contributed by atoms with Crippen molar-refractivity contribution >= 4 is 28.8 Å². The second kappa shape index (κ2) is 7.55. The highest BCUT2D eigenvalue weighted by Crippen LogP contribution is 2.24. The molecule has 122 valence electrons. The molecule has 1 aromatic heterocycles. The van der Waals surface area contributed by atoms with Crippen LogP contribution in [0.4, 0.5) is 4.39 Å². The summed E-state index contributed by atoms with van der Waals surface area (Å²) in [4.78, 5) is 16.5. The highest BCUT2D eigenvalue weighted by Gasteiger charge is 2.10. The van der Waals surface area contributed by atoms with Gasteiger partial charge in [0.2, 0.25) is 5.91 Å². The van der Waals surface area contributed by atoms with Crippen LogP contribution in [0.15, 0.2) is 53.9 Å². The van der Waals surface area contributed by atoms with Crippen molar-refractivity contribution in [3.8, 4) is 10.6 Å². The fourth-order valence-corrected chi connectivity index (χ4v) is 3.20. The molecule has 2 aromatic carbocycles. The monoisotopic (exact) mass is 360 g/mol. The van der Waals surface area contributed by atoms with E-state index in [-0.39, 0.29) is 18.1 Å². The van der Waals surface area contributed by atoms with Gasteiger partial charge in [-0.15, -0.1) is 11.3 Å². The topological polar surface area (TPSA) is 42.0 Å². The van der Waals surface area contributed by atoms with Crippen molar-refractivity contribution < 1.29 is 9.18 Å². The van der Waals surface area contributed by atoms with Gasteiger partial charge in [-0.3, -0.25) is 4.79 Å². The van der Waals surface area contributed by atoms with E-state index in [1.165, 1.54) is 23.5 Å². The first-order chi connectivity index (χ1) is 11.6. The number of halogens is 2. The van der Waals surface area contributed by atoms with E-state index in [2.05, 4.69) is 10.3 Å². The number of nitrogens with zero attached hydrogens (tertiary/aromatic N) is 1. The number of amides is 1. The first-order valence-corrected chi connectivity index (χ1v) is 8.58. The van der Waals surface area contributed by atoms with E-state index in [1.54, 1.807) is 18.2 Å². The van der Waals surface area contributed by atoms with Crippen molar-refractivity contribution in [3.63, 3.8) is 0 Å². The average Bonchev–Trinajstić information content (AvgIpc) is 3.03. The Kier molecular flexibility index (Phi) is 5.23. The number of aromatic nitrogens is 1. The molecule has 6 heteroatoms. The SMILES string of the molecule is O=C(Cc1csc(-c2ccc(F)cc2)n1)NCc1ccccc1Cl. The maximum Gasteiger partial charge on any atom is 0.226 e. The number of carbonyl (C=O) groups excluding carboxylic acids is 1. The Bertz CT molecular complexity index is 848. The second-order valence-electron chi connectivity index (χ2n) is 5.20. The van der Waals surface area contributed by atoms with Gasteiger partial charge >= 0.3 is 0 Å². The summed E-state index contributed by atoms with van der Waals surface area (Å²) >= 11 is 7.49. The molecule has 1 heterocycles. The fraction of sp³-hybridized carbons (Fsp3) is 0.111. The van der Waals surface area contributed by atoms with E-state index >= 15 is 0 Å². The summed E-state index contributed by atoms with van der Waals surface area (Å²) in [7, 11) is 0. The van der Waals surface area contributed by atoms with Gasteiger partial charge in [-0.2, -0.15) is 0 Å². The summed E-state index contributed by atoms with van der Waals surface area (Å²) in [6, 6.07) is 13.5. The van der Waals surface area contributed by atoms with Gasteiger partial charge in [-0.05, 0) is 35.9 Å². The molecule has 0 spiro atoms. The lowest BCUT2D eigenvalue weighted by Gasteiger charge is -2.06. The van der Waals surface area contributed by atoms with Gasteiger partial charge in [-0.1, -0.05) is 29.8 Å². The van der Waals surface area contributed by atoms with Gasteiger partial charge in [0.05, 0.1) is 12.1 Å². The predicted molar refractivity (Wildman–Crippen MR) is 94.5 cm³/mol. The summed E-state index contributed by atoms with van der Waals surface area (Å²) in [5.41, 5.74) is 2.40. The number of hydrogen-bond donors (Lipinski definition) is 1. The van der Waals surface area contributed by atoms with Crippen LogP contribution in [0.3, 0.4) is 0 Å². The Balaban J connectivity index is 1.59. The summed E-state index contributed by atoms with van der Waals surface area (Å²) < 4.78 is 13.0. The summed E-state index contributed by atoms with van der Waals surface area (Å²) in [5, 5.41) is 6.07. The molecular formula is C18H14ClFN2OS. The number of thiazole rings is 1. The van der Waals surface area contributed by atoms with Crippen LogP contribution in [0, 0.1) is 5.82 Å². The second-order valence-corrected chi connectivity index (χ2v) is 6.46. The van der Waals surface area contributed by atoms with Gasteiger partial charge in [-0.25, -0.2) is 9.37 Å². The van der Waals surface area contributed by atoms with Crippen molar-refractivity contribution in [1.82, 2.24) is 10.3 Å². The summed E-state index contributed by atoms with van der Waals surface area (Å²) in [5.74, 6) is -0.402. The molecule has 0 radical (unpaired) electrons. The molecule has 0 aliphatic carbocycles. The van der Waals surface area contributed by atoms with Crippen molar-refractivity contribution in [1.29, 1.82) is 0 Å². The van der Waals surface area contributed by atoms with Gasteiger partial charge in [0.1, 0.15) is 10.8 Å². The smallest absolute Gasteiger partial charge is 0.226 e. The molecule has 1 N–H and O–H groups in total. The lowest BCUT2D eigenvalue weighted by molar-refractivity contribution is -0.120. The number of carbonyl (C=O) groups is 1. The van der Waals surface area contributed by atoms with Crippen molar-refractivity contribution in [3.05, 3.63) is 76.0 Å². The molecule has 0 saturated heterocycles. The van der Waals surface area contributed by atoms with E-state index in [0.29, 0.717) is 17.3 Å². The van der Waals surface area contributed by atoms with Gasteiger partial charge in [0, 0.05) is 22.5 Å². The molecule has 0 bridgehead atoms. The molecule has 1 amide bonds. The number of nitrogens with one attached hydrogen (secondary N) is 1. The van der Waals surface area contributed by atoms with Crippen molar-refractivity contribution in [2.45, 2.75) is 13.0 Å². The molecule has 0 aliphatic rings. The van der Waals surface area contributed by atoms with Gasteiger partial charge in [0.15, 0.2) is 0 Å².